The van der Waals surface area contributed by atoms with Gasteiger partial charge < -0.3 is 44.2 Å². The monoisotopic (exact) mass is 850 g/mol. The van der Waals surface area contributed by atoms with Crippen molar-refractivity contribution in [1.29, 1.82) is 0 Å². The number of nitrogens with two attached hydrogens (primary N) is 1. The molecular formula is C39H45F3N4O10S2. The average molecular weight is 851 g/mol. The molecule has 58 heavy (non-hydrogen) atoms. The molecule has 5 rings (SSSR count). The number of methoxy groups -OCH3 is 2. The van der Waals surface area contributed by atoms with Crippen LogP contribution in [0.15, 0.2) is 77.7 Å². The van der Waals surface area contributed by atoms with E-state index in [-0.39, 0.29) is 22.8 Å². The summed E-state index contributed by atoms with van der Waals surface area (Å²) in [5, 5.41) is 21.3. The number of carbonyl (C=O) groups is 3. The number of piperidine rings is 1. The first kappa shape index (κ1) is 45.3. The molecule has 0 saturated carbocycles. The molecule has 1 unspecified atom stereocenters. The van der Waals surface area contributed by atoms with E-state index in [1.807, 2.05) is 25.1 Å². The van der Waals surface area contributed by atoms with Gasteiger partial charge in [0.15, 0.2) is 11.5 Å². The normalized spacial score (nSPS) is 17.2. The number of hydrogen-bond donors (Lipinski definition) is 3. The van der Waals surface area contributed by atoms with E-state index in [1.165, 1.54) is 52.6 Å². The van der Waals surface area contributed by atoms with E-state index in [2.05, 4.69) is 12.4 Å². The van der Waals surface area contributed by atoms with E-state index in [1.54, 1.807) is 39.3 Å². The fraction of sp³-hybridized carbons (Fsp3) is 0.359. The van der Waals surface area contributed by atoms with Crippen LogP contribution >= 0.6 is 11.3 Å². The van der Waals surface area contributed by atoms with Gasteiger partial charge in [-0.15, -0.1) is 11.3 Å². The lowest BCUT2D eigenvalue weighted by Crippen LogP contribution is -2.62. The van der Waals surface area contributed by atoms with Crippen molar-refractivity contribution in [2.75, 3.05) is 39.7 Å². The zero-order valence-electron chi connectivity index (χ0n) is 32.4. The fourth-order valence-electron chi connectivity index (χ4n) is 6.58. The summed E-state index contributed by atoms with van der Waals surface area (Å²) in [7, 11) is 1.23. The number of aliphatic carboxylic acids is 1. The van der Waals surface area contributed by atoms with Crippen LogP contribution in [0.1, 0.15) is 33.7 Å². The van der Waals surface area contributed by atoms with Gasteiger partial charge in [-0.25, -0.2) is 4.79 Å². The number of amides is 3. The molecule has 0 spiro atoms. The first-order valence-electron chi connectivity index (χ1n) is 17.8. The quantitative estimate of drug-likeness (QED) is 0.130. The lowest BCUT2D eigenvalue weighted by Gasteiger charge is -2.44. The van der Waals surface area contributed by atoms with Crippen LogP contribution in [-0.4, -0.2) is 93.4 Å². The molecule has 1 saturated heterocycles. The maximum atomic E-state index is 14.1. The van der Waals surface area contributed by atoms with E-state index < -0.39 is 46.3 Å². The Bertz CT molecular complexity index is 2180. The Morgan fingerprint density at radius 2 is 1.60 bits per heavy atom. The van der Waals surface area contributed by atoms with Crippen molar-refractivity contribution >= 4 is 45.0 Å². The Morgan fingerprint density at radius 3 is 2.16 bits per heavy atom. The molecule has 1 aliphatic heterocycles. The highest BCUT2D eigenvalue weighted by Gasteiger charge is 2.41. The van der Waals surface area contributed by atoms with Gasteiger partial charge in [-0.3, -0.25) is 9.69 Å². The number of benzene rings is 3. The van der Waals surface area contributed by atoms with Gasteiger partial charge in [0.25, 0.3) is 0 Å². The second kappa shape index (κ2) is 18.9. The minimum absolute atomic E-state index is 0.0793. The summed E-state index contributed by atoms with van der Waals surface area (Å²) in [6.45, 7) is 5.51. The van der Waals surface area contributed by atoms with Crippen molar-refractivity contribution in [1.82, 2.24) is 4.90 Å². The number of halogens is 3. The van der Waals surface area contributed by atoms with Crippen molar-refractivity contribution < 1.29 is 64.3 Å². The summed E-state index contributed by atoms with van der Waals surface area (Å²) < 4.78 is 74.2. The number of carboxylic acids is 1. The van der Waals surface area contributed by atoms with Gasteiger partial charge in [0, 0.05) is 21.0 Å². The number of quaternary nitrogens is 1. The summed E-state index contributed by atoms with van der Waals surface area (Å²) in [5.41, 5.74) is 8.59. The summed E-state index contributed by atoms with van der Waals surface area (Å²) in [6.07, 6.45) is -3.67. The standard InChI is InChI=1S/C37H44N4O8S2.C2HF3O2/c1-24-19-35(25(2)50-24)51(45,46)49-31-15-11-28(12-16-31)39-37(44)40(36(43)32(38)20-26-8-13-30(42)14-9-26)29-7-6-18-41(3,23-29)22-27-10-17-33(47-4)34(21-27)48-5;3-2(4,5)1(6)7/h8-17,19,21,29,32H,6-7,18,20,22-23,38H2,1-5H3,(H-,39,42,44);(H,6,7)/t29-,32-,41?;/m0./s1. The number of alkyl halides is 3. The van der Waals surface area contributed by atoms with Crippen molar-refractivity contribution in [2.24, 2.45) is 5.73 Å². The van der Waals surface area contributed by atoms with Gasteiger partial charge in [0.05, 0.1) is 39.9 Å². The number of carboxylic acid groups (broad SMARTS) is 1. The lowest BCUT2D eigenvalue weighted by molar-refractivity contribution is -0.928. The van der Waals surface area contributed by atoms with Gasteiger partial charge in [0.2, 0.25) is 5.91 Å². The summed E-state index contributed by atoms with van der Waals surface area (Å²) in [5.74, 6) is -2.11. The highest BCUT2D eigenvalue weighted by atomic mass is 32.2. The largest absolute Gasteiger partial charge is 0.542 e. The molecule has 0 bridgehead atoms. The van der Waals surface area contributed by atoms with E-state index in [9.17, 15) is 36.3 Å². The van der Waals surface area contributed by atoms with Gasteiger partial charge >= 0.3 is 22.3 Å². The van der Waals surface area contributed by atoms with Crippen molar-refractivity contribution in [3.05, 3.63) is 93.7 Å². The molecule has 4 N–H and O–H groups in total. The molecule has 0 radical (unpaired) electrons. The van der Waals surface area contributed by atoms with E-state index >= 15 is 0 Å². The van der Waals surface area contributed by atoms with Crippen LogP contribution in [-0.2, 0) is 32.7 Å². The predicted molar refractivity (Wildman–Crippen MR) is 207 cm³/mol. The molecule has 3 amide bonds. The maximum Gasteiger partial charge on any atom is 0.430 e. The molecule has 14 nitrogen and oxygen atoms in total. The topological polar surface area (TPSA) is 198 Å². The summed E-state index contributed by atoms with van der Waals surface area (Å²) >= 11 is 1.37. The smallest absolute Gasteiger partial charge is 0.430 e. The van der Waals surface area contributed by atoms with Gasteiger partial charge in [-0.05, 0) is 99.3 Å². The number of likely N-dealkylation sites (tertiary alicyclic amines) is 1. The Hall–Kier alpha value is -5.37. The molecule has 3 atom stereocenters. The van der Waals surface area contributed by atoms with E-state index in [0.717, 1.165) is 29.0 Å². The molecule has 19 heteroatoms. The molecule has 1 aromatic heterocycles. The lowest BCUT2D eigenvalue weighted by atomic mass is 9.98. The molecular weight excluding hydrogens is 806 g/mol. The average Bonchev–Trinajstić information content (AvgIpc) is 3.51. The maximum absolute atomic E-state index is 14.1. The fourth-order valence-corrected chi connectivity index (χ4v) is 9.03. The Kier molecular flexibility index (Phi) is 14.8. The first-order valence-corrected chi connectivity index (χ1v) is 20.0. The number of anilines is 1. The van der Waals surface area contributed by atoms with Crippen LogP contribution < -0.4 is 29.8 Å². The van der Waals surface area contributed by atoms with Crippen molar-refractivity contribution in [2.45, 2.75) is 62.8 Å². The third-order valence-corrected chi connectivity index (χ3v) is 11.7. The minimum Gasteiger partial charge on any atom is -0.542 e. The number of carbonyl (C=O) groups excluding carboxylic acids is 3. The van der Waals surface area contributed by atoms with Gasteiger partial charge in [-0.2, -0.15) is 21.6 Å². The number of ether oxygens (including phenoxy) is 2. The number of imide groups is 1. The Balaban J connectivity index is 0.000000973. The SMILES string of the molecule is COc1ccc(C[N+]2(C)CCC[C@H](N(C(=O)Nc3ccc(OS(=O)(=O)c4cc(C)sc4C)cc3)C(=O)[C@@H](N)Cc3ccc(O)cc3)C2)cc1OC.O=C([O-])C(F)(F)F. The third-order valence-electron chi connectivity index (χ3n) is 9.24. The Morgan fingerprint density at radius 1 is 1.00 bits per heavy atom. The van der Waals surface area contributed by atoms with Crippen LogP contribution in [0, 0.1) is 13.8 Å². The summed E-state index contributed by atoms with van der Waals surface area (Å²) in [6, 6.07) is 17.6. The van der Waals surface area contributed by atoms with Crippen LogP contribution in [0.4, 0.5) is 23.7 Å². The number of thiophene rings is 1. The molecule has 0 aliphatic carbocycles. The van der Waals surface area contributed by atoms with Crippen LogP contribution in [0.25, 0.3) is 0 Å². The first-order chi connectivity index (χ1) is 27.1. The second-order valence-electron chi connectivity index (χ2n) is 13.9. The Labute approximate surface area is 338 Å². The zero-order chi connectivity index (χ0) is 43.0. The molecule has 2 heterocycles. The van der Waals surface area contributed by atoms with Crippen LogP contribution in [0.2, 0.25) is 0 Å². The number of aromatic hydroxyl groups is 1. The van der Waals surface area contributed by atoms with Gasteiger partial charge in [0.1, 0.15) is 35.5 Å². The number of likely N-dealkylation sites (N-methyl/N-ethyl adjacent to an activating group) is 1. The molecule has 1 fully saturated rings. The molecule has 314 valence electrons. The number of hydrogen-bond acceptors (Lipinski definition) is 12. The highest BCUT2D eigenvalue weighted by Crippen LogP contribution is 2.32. The third kappa shape index (κ3) is 12.1. The predicted octanol–water partition coefficient (Wildman–Crippen LogP) is 4.89. The number of nitrogens with one attached hydrogen (secondary N) is 1. The van der Waals surface area contributed by atoms with Crippen LogP contribution in [0.5, 0.6) is 23.0 Å². The summed E-state index contributed by atoms with van der Waals surface area (Å²) in [4.78, 5) is 39.8. The van der Waals surface area contributed by atoms with Crippen LogP contribution in [0.3, 0.4) is 0 Å². The molecule has 4 aromatic rings. The molecule has 3 aromatic carbocycles. The number of urea groups is 1. The molecule has 1 aliphatic rings. The number of rotatable bonds is 12. The highest BCUT2D eigenvalue weighted by molar-refractivity contribution is 7.87. The second-order valence-corrected chi connectivity index (χ2v) is 16.9. The van der Waals surface area contributed by atoms with Crippen molar-refractivity contribution in [3.63, 3.8) is 0 Å². The van der Waals surface area contributed by atoms with Gasteiger partial charge in [-0.1, -0.05) is 12.1 Å². The number of nitrogens with zero attached hydrogens (tertiary/aromatic N) is 2. The van der Waals surface area contributed by atoms with E-state index in [0.29, 0.717) is 46.1 Å². The zero-order valence-corrected chi connectivity index (χ0v) is 34.0. The number of phenolic OH excluding ortho intramolecular Hbond substituents is 1. The van der Waals surface area contributed by atoms with E-state index in [4.69, 9.17) is 29.3 Å². The number of aryl methyl sites for hydroxylation is 2. The number of phenols is 1. The minimum atomic E-state index is -5.19. The van der Waals surface area contributed by atoms with Crippen molar-refractivity contribution in [3.8, 4) is 23.0 Å².